The summed E-state index contributed by atoms with van der Waals surface area (Å²) >= 11 is 0. The molecule has 1 heterocycles. The molecule has 0 fully saturated rings. The lowest BCUT2D eigenvalue weighted by Gasteiger charge is -2.02. The molecule has 0 atom stereocenters. The minimum atomic E-state index is -0.109. The van der Waals surface area contributed by atoms with Crippen molar-refractivity contribution in [1.29, 1.82) is 0 Å². The molecule has 0 bridgehead atoms. The van der Waals surface area contributed by atoms with Gasteiger partial charge < -0.3 is 0 Å². The summed E-state index contributed by atoms with van der Waals surface area (Å²) < 4.78 is 2.97. The third-order valence-electron chi connectivity index (χ3n) is 2.54. The van der Waals surface area contributed by atoms with Gasteiger partial charge in [0, 0.05) is 7.05 Å². The van der Waals surface area contributed by atoms with Crippen LogP contribution in [0.2, 0.25) is 0 Å². The Hall–Kier alpha value is -1.84. The lowest BCUT2D eigenvalue weighted by atomic mass is 10.2. The van der Waals surface area contributed by atoms with Crippen molar-refractivity contribution < 1.29 is 0 Å². The number of hydrogen-bond donors (Lipinski definition) is 0. The monoisotopic (exact) mass is 203 g/mol. The molecule has 2 aromatic rings. The van der Waals surface area contributed by atoms with E-state index in [0.717, 1.165) is 11.3 Å². The first-order valence-corrected chi connectivity index (χ1v) is 4.80. The van der Waals surface area contributed by atoms with Crippen molar-refractivity contribution in [2.45, 2.75) is 13.8 Å². The lowest BCUT2D eigenvalue weighted by molar-refractivity contribution is 0.792. The number of aromatic nitrogens is 3. The molecular weight excluding hydrogens is 190 g/mol. The molecule has 0 saturated carbocycles. The summed E-state index contributed by atoms with van der Waals surface area (Å²) in [5.74, 6) is 0.711. The van der Waals surface area contributed by atoms with Crippen LogP contribution in [0, 0.1) is 13.8 Å². The van der Waals surface area contributed by atoms with Crippen LogP contribution in [0.5, 0.6) is 0 Å². The highest BCUT2D eigenvalue weighted by molar-refractivity contribution is 5.38. The number of nitrogens with zero attached hydrogens (tertiary/aromatic N) is 3. The summed E-state index contributed by atoms with van der Waals surface area (Å²) in [4.78, 5) is 11.8. The highest BCUT2D eigenvalue weighted by atomic mass is 16.2. The maximum absolute atomic E-state index is 11.8. The number of rotatable bonds is 1. The molecule has 0 spiro atoms. The number of aryl methyl sites for hydroxylation is 2. The molecule has 0 aliphatic rings. The highest BCUT2D eigenvalue weighted by Crippen LogP contribution is 2.09. The second-order valence-electron chi connectivity index (χ2n) is 3.59. The van der Waals surface area contributed by atoms with Gasteiger partial charge >= 0.3 is 5.69 Å². The van der Waals surface area contributed by atoms with E-state index in [9.17, 15) is 4.79 Å². The van der Waals surface area contributed by atoms with E-state index in [2.05, 4.69) is 5.10 Å². The van der Waals surface area contributed by atoms with Crippen LogP contribution in [0.1, 0.15) is 11.4 Å². The van der Waals surface area contributed by atoms with Gasteiger partial charge in [-0.05, 0) is 25.5 Å². The van der Waals surface area contributed by atoms with Gasteiger partial charge in [-0.15, -0.1) is 0 Å². The second kappa shape index (κ2) is 3.38. The van der Waals surface area contributed by atoms with E-state index in [1.165, 1.54) is 9.25 Å². The molecule has 0 N–H and O–H groups in total. The minimum absolute atomic E-state index is 0.109. The van der Waals surface area contributed by atoms with Crippen LogP contribution < -0.4 is 5.69 Å². The molecule has 2 rings (SSSR count). The zero-order valence-electron chi connectivity index (χ0n) is 9.06. The molecule has 4 nitrogen and oxygen atoms in total. The Bertz CT molecular complexity index is 551. The average molecular weight is 203 g/mol. The summed E-state index contributed by atoms with van der Waals surface area (Å²) in [5.41, 5.74) is 1.77. The molecule has 0 amide bonds. The van der Waals surface area contributed by atoms with Gasteiger partial charge in [0.25, 0.3) is 0 Å². The zero-order valence-corrected chi connectivity index (χ0v) is 9.06. The van der Waals surface area contributed by atoms with Crippen molar-refractivity contribution in [2.75, 3.05) is 0 Å². The fourth-order valence-electron chi connectivity index (χ4n) is 1.49. The Morgan fingerprint density at radius 3 is 2.40 bits per heavy atom. The van der Waals surface area contributed by atoms with Crippen molar-refractivity contribution >= 4 is 0 Å². The van der Waals surface area contributed by atoms with Crippen molar-refractivity contribution in [3.8, 4) is 5.69 Å². The molecule has 1 aromatic heterocycles. The van der Waals surface area contributed by atoms with E-state index in [-0.39, 0.29) is 5.69 Å². The first-order valence-electron chi connectivity index (χ1n) is 4.80. The molecule has 4 heteroatoms. The van der Waals surface area contributed by atoms with Crippen LogP contribution in [-0.2, 0) is 7.05 Å². The predicted molar refractivity (Wildman–Crippen MR) is 58.3 cm³/mol. The first-order chi connectivity index (χ1) is 7.11. The zero-order chi connectivity index (χ0) is 11.0. The van der Waals surface area contributed by atoms with Crippen LogP contribution in [0.3, 0.4) is 0 Å². The van der Waals surface area contributed by atoms with Gasteiger partial charge in [0.05, 0.1) is 5.69 Å². The van der Waals surface area contributed by atoms with Crippen molar-refractivity contribution in [3.05, 3.63) is 46.1 Å². The largest absolute Gasteiger partial charge is 0.350 e. The quantitative estimate of drug-likeness (QED) is 0.698. The topological polar surface area (TPSA) is 39.8 Å². The number of hydrogen-bond acceptors (Lipinski definition) is 2. The fourth-order valence-corrected chi connectivity index (χ4v) is 1.49. The molecule has 78 valence electrons. The molecular formula is C11H13N3O. The summed E-state index contributed by atoms with van der Waals surface area (Å²) in [6, 6.07) is 7.70. The predicted octanol–water partition coefficient (Wildman–Crippen LogP) is 1.19. The van der Waals surface area contributed by atoms with Gasteiger partial charge in [-0.2, -0.15) is 9.78 Å². The smallest absolute Gasteiger partial charge is 0.282 e. The second-order valence-corrected chi connectivity index (χ2v) is 3.59. The lowest BCUT2D eigenvalue weighted by Crippen LogP contribution is -2.22. The molecule has 0 unspecified atom stereocenters. The van der Waals surface area contributed by atoms with Crippen molar-refractivity contribution in [3.63, 3.8) is 0 Å². The molecule has 1 aromatic carbocycles. The normalized spacial score (nSPS) is 10.6. The maximum Gasteiger partial charge on any atom is 0.350 e. The Morgan fingerprint density at radius 1 is 1.20 bits per heavy atom. The first kappa shape index (κ1) is 9.71. The molecule has 0 aliphatic heterocycles. The Labute approximate surface area is 87.8 Å². The van der Waals surface area contributed by atoms with Gasteiger partial charge in [-0.1, -0.05) is 18.2 Å². The van der Waals surface area contributed by atoms with Gasteiger partial charge in [0.2, 0.25) is 0 Å². The molecule has 15 heavy (non-hydrogen) atoms. The van der Waals surface area contributed by atoms with Crippen LogP contribution in [0.25, 0.3) is 5.69 Å². The molecule has 0 aliphatic carbocycles. The van der Waals surface area contributed by atoms with Crippen LogP contribution >= 0.6 is 0 Å². The van der Waals surface area contributed by atoms with Gasteiger partial charge in [-0.25, -0.2) is 4.79 Å². The highest BCUT2D eigenvalue weighted by Gasteiger charge is 2.09. The van der Waals surface area contributed by atoms with Crippen molar-refractivity contribution in [1.82, 2.24) is 14.3 Å². The van der Waals surface area contributed by atoms with E-state index in [0.29, 0.717) is 5.82 Å². The number of benzene rings is 1. The minimum Gasteiger partial charge on any atom is -0.282 e. The van der Waals surface area contributed by atoms with Crippen molar-refractivity contribution in [2.24, 2.45) is 7.05 Å². The van der Waals surface area contributed by atoms with E-state index in [4.69, 9.17) is 0 Å². The summed E-state index contributed by atoms with van der Waals surface area (Å²) in [5, 5.41) is 4.21. The van der Waals surface area contributed by atoms with Crippen LogP contribution in [0.15, 0.2) is 29.1 Å². The van der Waals surface area contributed by atoms with Crippen LogP contribution in [-0.4, -0.2) is 14.3 Å². The van der Waals surface area contributed by atoms with Crippen LogP contribution in [0.4, 0.5) is 0 Å². The van der Waals surface area contributed by atoms with Gasteiger partial charge in [0.15, 0.2) is 0 Å². The average Bonchev–Trinajstić information content (AvgIpc) is 2.47. The fraction of sp³-hybridized carbons (Fsp3) is 0.273. The van der Waals surface area contributed by atoms with E-state index in [1.807, 2.05) is 38.1 Å². The van der Waals surface area contributed by atoms with Gasteiger partial charge in [-0.3, -0.25) is 4.57 Å². The molecule has 0 radical (unpaired) electrons. The molecule has 0 saturated heterocycles. The summed E-state index contributed by atoms with van der Waals surface area (Å²) in [6.45, 7) is 3.78. The summed E-state index contributed by atoms with van der Waals surface area (Å²) in [7, 11) is 1.72. The maximum atomic E-state index is 11.8. The number of para-hydroxylation sites is 1. The van der Waals surface area contributed by atoms with E-state index >= 15 is 0 Å². The SMILES string of the molecule is Cc1ccccc1-n1nc(C)n(C)c1=O. The third-order valence-corrected chi connectivity index (χ3v) is 2.54. The Kier molecular flexibility index (Phi) is 2.19. The Morgan fingerprint density at radius 2 is 1.87 bits per heavy atom. The Balaban J connectivity index is 2.70. The standard InChI is InChI=1S/C11H13N3O/c1-8-6-4-5-7-10(8)14-11(15)13(3)9(2)12-14/h4-7H,1-3H3. The van der Waals surface area contributed by atoms with E-state index < -0.39 is 0 Å². The van der Waals surface area contributed by atoms with E-state index in [1.54, 1.807) is 7.05 Å². The summed E-state index contributed by atoms with van der Waals surface area (Å²) in [6.07, 6.45) is 0. The third kappa shape index (κ3) is 1.48. The van der Waals surface area contributed by atoms with Gasteiger partial charge in [0.1, 0.15) is 5.82 Å².